The van der Waals surface area contributed by atoms with Crippen LogP contribution in [0.2, 0.25) is 5.28 Å². The van der Waals surface area contributed by atoms with Crippen LogP contribution in [0.5, 0.6) is 5.75 Å². The normalized spacial score (nSPS) is 10.8. The van der Waals surface area contributed by atoms with Crippen molar-refractivity contribution in [2.45, 2.75) is 6.54 Å². The molecule has 0 aliphatic heterocycles. The van der Waals surface area contributed by atoms with Crippen LogP contribution < -0.4 is 5.32 Å². The van der Waals surface area contributed by atoms with Gasteiger partial charge in [-0.2, -0.15) is 0 Å². The highest BCUT2D eigenvalue weighted by Gasteiger charge is 2.12. The van der Waals surface area contributed by atoms with Gasteiger partial charge in [0.2, 0.25) is 5.28 Å². The van der Waals surface area contributed by atoms with Crippen LogP contribution in [0.3, 0.4) is 0 Å². The molecule has 0 saturated carbocycles. The Kier molecular flexibility index (Phi) is 4.42. The number of halogens is 1. The fraction of sp³-hybridized carbons (Fsp3) is 0.0476. The first-order valence-electron chi connectivity index (χ1n) is 8.24. The number of aromatic nitrogens is 2. The number of aromatic hydroxyl groups is 1. The molecule has 4 aromatic rings. The van der Waals surface area contributed by atoms with E-state index in [2.05, 4.69) is 33.5 Å². The van der Waals surface area contributed by atoms with Crippen LogP contribution in [0, 0.1) is 0 Å². The van der Waals surface area contributed by atoms with E-state index >= 15 is 0 Å². The van der Waals surface area contributed by atoms with Crippen LogP contribution in [0.4, 0.5) is 5.82 Å². The maximum absolute atomic E-state index is 9.42. The number of anilines is 1. The zero-order valence-corrected chi connectivity index (χ0v) is 14.6. The van der Waals surface area contributed by atoms with Gasteiger partial charge in [-0.1, -0.05) is 54.6 Å². The summed E-state index contributed by atoms with van der Waals surface area (Å²) in [4.78, 5) is 8.78. The predicted octanol–water partition coefficient (Wildman–Crippen LogP) is 5.27. The van der Waals surface area contributed by atoms with Crippen molar-refractivity contribution in [3.63, 3.8) is 0 Å². The van der Waals surface area contributed by atoms with Crippen molar-refractivity contribution < 1.29 is 5.11 Å². The van der Waals surface area contributed by atoms with E-state index in [0.29, 0.717) is 12.4 Å². The molecular weight excluding hydrogens is 346 g/mol. The Labute approximate surface area is 156 Å². The van der Waals surface area contributed by atoms with Gasteiger partial charge in [-0.05, 0) is 46.5 Å². The maximum atomic E-state index is 9.42. The SMILES string of the molecule is Oc1ccc(CNc2nc(Cl)nc3cccc(-c4ccccc4)c23)cc1. The van der Waals surface area contributed by atoms with Gasteiger partial charge in [0.25, 0.3) is 0 Å². The second kappa shape index (κ2) is 7.02. The van der Waals surface area contributed by atoms with Crippen molar-refractivity contribution in [1.82, 2.24) is 9.97 Å². The lowest BCUT2D eigenvalue weighted by Crippen LogP contribution is -2.04. The summed E-state index contributed by atoms with van der Waals surface area (Å²) in [5.74, 6) is 0.933. The summed E-state index contributed by atoms with van der Waals surface area (Å²) in [5, 5.41) is 13.9. The third kappa shape index (κ3) is 3.32. The standard InChI is InChI=1S/C21H16ClN3O/c22-21-24-18-8-4-7-17(15-5-2-1-3-6-15)19(18)20(25-21)23-13-14-9-11-16(26)12-10-14/h1-12,26H,13H2,(H,23,24,25). The van der Waals surface area contributed by atoms with Crippen molar-refractivity contribution in [2.75, 3.05) is 5.32 Å². The zero-order valence-electron chi connectivity index (χ0n) is 13.9. The molecule has 0 amide bonds. The van der Waals surface area contributed by atoms with Crippen LogP contribution >= 0.6 is 11.6 Å². The maximum Gasteiger partial charge on any atom is 0.224 e. The number of hydrogen-bond acceptors (Lipinski definition) is 4. The van der Waals surface area contributed by atoms with Crippen LogP contribution in [-0.2, 0) is 6.54 Å². The van der Waals surface area contributed by atoms with Crippen molar-refractivity contribution in [3.8, 4) is 16.9 Å². The number of hydrogen-bond donors (Lipinski definition) is 2. The Bertz CT molecular complexity index is 1050. The van der Waals surface area contributed by atoms with E-state index in [1.807, 2.05) is 42.5 Å². The molecule has 5 heteroatoms. The summed E-state index contributed by atoms with van der Waals surface area (Å²) in [6.07, 6.45) is 0. The molecular formula is C21H16ClN3O. The van der Waals surface area contributed by atoms with Gasteiger partial charge in [-0.15, -0.1) is 0 Å². The molecule has 0 spiro atoms. The molecule has 1 aromatic heterocycles. The molecule has 0 fully saturated rings. The highest BCUT2D eigenvalue weighted by atomic mass is 35.5. The minimum absolute atomic E-state index is 0.205. The number of nitrogens with one attached hydrogen (secondary N) is 1. The third-order valence-corrected chi connectivity index (χ3v) is 4.35. The van der Waals surface area contributed by atoms with Crippen LogP contribution in [0.25, 0.3) is 22.0 Å². The van der Waals surface area contributed by atoms with E-state index in [1.165, 1.54) is 0 Å². The molecule has 4 nitrogen and oxygen atoms in total. The summed E-state index contributed by atoms with van der Waals surface area (Å²) < 4.78 is 0. The highest BCUT2D eigenvalue weighted by molar-refractivity contribution is 6.29. The number of fused-ring (bicyclic) bond motifs is 1. The summed E-state index contributed by atoms with van der Waals surface area (Å²) in [5.41, 5.74) is 3.96. The summed E-state index contributed by atoms with van der Waals surface area (Å²) >= 11 is 6.13. The molecule has 0 bridgehead atoms. The lowest BCUT2D eigenvalue weighted by atomic mass is 10.0. The summed E-state index contributed by atoms with van der Waals surface area (Å²) in [6.45, 7) is 0.561. The zero-order chi connectivity index (χ0) is 17.9. The fourth-order valence-corrected chi connectivity index (χ4v) is 3.12. The molecule has 26 heavy (non-hydrogen) atoms. The fourth-order valence-electron chi connectivity index (χ4n) is 2.94. The Morgan fingerprint density at radius 1 is 0.846 bits per heavy atom. The molecule has 2 N–H and O–H groups in total. The number of nitrogens with zero attached hydrogens (tertiary/aromatic N) is 2. The van der Waals surface area contributed by atoms with Gasteiger partial charge in [-0.25, -0.2) is 9.97 Å². The monoisotopic (exact) mass is 361 g/mol. The number of benzene rings is 3. The molecule has 128 valence electrons. The van der Waals surface area contributed by atoms with Crippen LogP contribution in [0.15, 0.2) is 72.8 Å². The number of phenolic OH excluding ortho intramolecular Hbond substituents is 1. The second-order valence-electron chi connectivity index (χ2n) is 5.93. The first kappa shape index (κ1) is 16.4. The molecule has 0 atom stereocenters. The van der Waals surface area contributed by atoms with Crippen LogP contribution in [-0.4, -0.2) is 15.1 Å². The predicted molar refractivity (Wildman–Crippen MR) is 105 cm³/mol. The third-order valence-electron chi connectivity index (χ3n) is 4.18. The molecule has 3 aromatic carbocycles. The Hall–Kier alpha value is -3.11. The first-order valence-corrected chi connectivity index (χ1v) is 8.62. The molecule has 0 saturated heterocycles. The van der Waals surface area contributed by atoms with Crippen LogP contribution in [0.1, 0.15) is 5.56 Å². The van der Waals surface area contributed by atoms with Crippen molar-refractivity contribution in [1.29, 1.82) is 0 Å². The first-order chi connectivity index (χ1) is 12.7. The van der Waals surface area contributed by atoms with E-state index < -0.39 is 0 Å². The molecule has 0 unspecified atom stereocenters. The number of phenols is 1. The molecule has 0 aliphatic carbocycles. The molecule has 1 heterocycles. The lowest BCUT2D eigenvalue weighted by molar-refractivity contribution is 0.475. The van der Waals surface area contributed by atoms with Crippen molar-refractivity contribution >= 4 is 28.3 Å². The molecule has 4 rings (SSSR count). The average Bonchev–Trinajstić information content (AvgIpc) is 2.67. The van der Waals surface area contributed by atoms with Gasteiger partial charge in [0, 0.05) is 6.54 Å². The van der Waals surface area contributed by atoms with Gasteiger partial charge in [0.05, 0.1) is 10.9 Å². The Balaban J connectivity index is 1.79. The van der Waals surface area contributed by atoms with Crippen molar-refractivity contribution in [2.24, 2.45) is 0 Å². The van der Waals surface area contributed by atoms with Crippen molar-refractivity contribution in [3.05, 3.63) is 83.6 Å². The topological polar surface area (TPSA) is 58.0 Å². The second-order valence-corrected chi connectivity index (χ2v) is 6.27. The van der Waals surface area contributed by atoms with Gasteiger partial charge in [0.1, 0.15) is 11.6 Å². The van der Waals surface area contributed by atoms with Gasteiger partial charge >= 0.3 is 0 Å². The lowest BCUT2D eigenvalue weighted by Gasteiger charge is -2.13. The minimum atomic E-state index is 0.205. The largest absolute Gasteiger partial charge is 0.508 e. The van der Waals surface area contributed by atoms with Gasteiger partial charge in [-0.3, -0.25) is 0 Å². The quantitative estimate of drug-likeness (QED) is 0.486. The van der Waals surface area contributed by atoms with Gasteiger partial charge in [0.15, 0.2) is 0 Å². The van der Waals surface area contributed by atoms with E-state index in [4.69, 9.17) is 11.6 Å². The smallest absolute Gasteiger partial charge is 0.224 e. The summed E-state index contributed by atoms with van der Waals surface area (Å²) in [7, 11) is 0. The molecule has 0 aliphatic rings. The highest BCUT2D eigenvalue weighted by Crippen LogP contribution is 2.33. The molecule has 0 radical (unpaired) electrons. The summed E-state index contributed by atoms with van der Waals surface area (Å²) in [6, 6.07) is 23.2. The minimum Gasteiger partial charge on any atom is -0.508 e. The Morgan fingerprint density at radius 2 is 1.62 bits per heavy atom. The average molecular weight is 362 g/mol. The van der Waals surface area contributed by atoms with E-state index in [0.717, 1.165) is 27.6 Å². The Morgan fingerprint density at radius 3 is 2.38 bits per heavy atom. The number of rotatable bonds is 4. The van der Waals surface area contributed by atoms with Gasteiger partial charge < -0.3 is 10.4 Å². The van der Waals surface area contributed by atoms with E-state index in [1.54, 1.807) is 12.1 Å². The van der Waals surface area contributed by atoms with E-state index in [-0.39, 0.29) is 11.0 Å². The van der Waals surface area contributed by atoms with E-state index in [9.17, 15) is 5.11 Å².